The molecule has 3 aromatic rings. The second-order valence-corrected chi connectivity index (χ2v) is 5.01. The molecule has 0 aliphatic heterocycles. The fourth-order valence-corrected chi connectivity index (χ4v) is 2.44. The number of carbonyl (C=O) groups excluding carboxylic acids is 1. The lowest BCUT2D eigenvalue weighted by Crippen LogP contribution is -2.15. The Balaban J connectivity index is 1.99. The molecule has 6 heteroatoms. The van der Waals surface area contributed by atoms with Gasteiger partial charge in [-0.05, 0) is 23.8 Å². The Hall–Kier alpha value is -3.15. The summed E-state index contributed by atoms with van der Waals surface area (Å²) in [5.41, 5.74) is 0.974. The van der Waals surface area contributed by atoms with Crippen molar-refractivity contribution >= 4 is 22.4 Å². The van der Waals surface area contributed by atoms with Crippen LogP contribution in [-0.4, -0.2) is 29.6 Å². The van der Waals surface area contributed by atoms with Gasteiger partial charge in [0.25, 0.3) is 5.91 Å². The molecule has 0 unspecified atom stereocenters. The van der Waals surface area contributed by atoms with Gasteiger partial charge >= 0.3 is 6.01 Å². The maximum Gasteiger partial charge on any atom is 0.316 e. The van der Waals surface area contributed by atoms with E-state index in [0.717, 1.165) is 10.8 Å². The number of fused-ring (bicyclic) bond motifs is 1. The molecule has 1 N–H and O–H groups in total. The Morgan fingerprint density at radius 1 is 1.12 bits per heavy atom. The van der Waals surface area contributed by atoms with Gasteiger partial charge in [-0.25, -0.2) is 9.97 Å². The third kappa shape index (κ3) is 3.12. The average Bonchev–Trinajstić information content (AvgIpc) is 2.62. The van der Waals surface area contributed by atoms with Gasteiger partial charge in [-0.15, -0.1) is 0 Å². The molecule has 1 aromatic heterocycles. The molecule has 3 rings (SSSR count). The molecule has 122 valence electrons. The number of hydrogen-bond acceptors (Lipinski definition) is 5. The molecule has 6 nitrogen and oxygen atoms in total. The largest absolute Gasteiger partial charge is 0.493 e. The molecule has 1 amide bonds. The molecular formula is C18H17N3O3. The van der Waals surface area contributed by atoms with E-state index in [1.165, 1.54) is 19.5 Å². The number of amides is 1. The summed E-state index contributed by atoms with van der Waals surface area (Å²) < 4.78 is 10.5. The van der Waals surface area contributed by atoms with Crippen molar-refractivity contribution in [3.8, 4) is 11.8 Å². The number of carbonyl (C=O) groups is 1. The minimum absolute atomic E-state index is 0.244. The van der Waals surface area contributed by atoms with E-state index in [1.54, 1.807) is 0 Å². The van der Waals surface area contributed by atoms with E-state index >= 15 is 0 Å². The number of anilines is 1. The number of nitrogens with zero attached hydrogens (tertiary/aromatic N) is 2. The topological polar surface area (TPSA) is 73.3 Å². The highest BCUT2D eigenvalue weighted by molar-refractivity contribution is 6.14. The Morgan fingerprint density at radius 3 is 2.58 bits per heavy atom. The van der Waals surface area contributed by atoms with Crippen LogP contribution in [0.4, 0.5) is 5.69 Å². The van der Waals surface area contributed by atoms with Gasteiger partial charge in [0.15, 0.2) is 0 Å². The maximum absolute atomic E-state index is 12.8. The van der Waals surface area contributed by atoms with Gasteiger partial charge in [0, 0.05) is 0 Å². The zero-order valence-corrected chi connectivity index (χ0v) is 13.4. The predicted molar refractivity (Wildman–Crippen MR) is 91.7 cm³/mol. The second-order valence-electron chi connectivity index (χ2n) is 5.01. The molecule has 0 fully saturated rings. The first-order chi connectivity index (χ1) is 11.7. The second kappa shape index (κ2) is 6.95. The van der Waals surface area contributed by atoms with Gasteiger partial charge in [-0.3, -0.25) is 4.79 Å². The molecule has 2 aromatic carbocycles. The summed E-state index contributed by atoms with van der Waals surface area (Å²) in [6, 6.07) is 11.7. The van der Waals surface area contributed by atoms with Gasteiger partial charge in [0.2, 0.25) is 0 Å². The SMILES string of the molecule is CCOc1ccc2ccccc2c1C(=O)Nc1cnc(OC)nc1. The highest BCUT2D eigenvalue weighted by atomic mass is 16.5. The first-order valence-electron chi connectivity index (χ1n) is 7.55. The van der Waals surface area contributed by atoms with E-state index in [9.17, 15) is 4.79 Å². The molecule has 0 radical (unpaired) electrons. The molecule has 1 heterocycles. The Bertz CT molecular complexity index is 863. The van der Waals surface area contributed by atoms with E-state index in [2.05, 4.69) is 15.3 Å². The summed E-state index contributed by atoms with van der Waals surface area (Å²) in [5.74, 6) is 0.271. The molecule has 0 aliphatic carbocycles. The average molecular weight is 323 g/mol. The summed E-state index contributed by atoms with van der Waals surface area (Å²) >= 11 is 0. The van der Waals surface area contributed by atoms with Crippen LogP contribution in [0, 0.1) is 0 Å². The van der Waals surface area contributed by atoms with Crippen LogP contribution in [-0.2, 0) is 0 Å². The van der Waals surface area contributed by atoms with E-state index in [4.69, 9.17) is 9.47 Å². The Labute approximate surface area is 139 Å². The monoisotopic (exact) mass is 323 g/mol. The van der Waals surface area contributed by atoms with Crippen LogP contribution >= 0.6 is 0 Å². The van der Waals surface area contributed by atoms with Gasteiger partial charge in [-0.2, -0.15) is 0 Å². The number of benzene rings is 2. The van der Waals surface area contributed by atoms with Crippen molar-refractivity contribution < 1.29 is 14.3 Å². The zero-order chi connectivity index (χ0) is 16.9. The van der Waals surface area contributed by atoms with Crippen LogP contribution in [0.3, 0.4) is 0 Å². The highest BCUT2D eigenvalue weighted by Crippen LogP contribution is 2.29. The van der Waals surface area contributed by atoms with Crippen LogP contribution in [0.5, 0.6) is 11.8 Å². The van der Waals surface area contributed by atoms with Crippen molar-refractivity contribution in [1.29, 1.82) is 0 Å². The number of rotatable bonds is 5. The smallest absolute Gasteiger partial charge is 0.316 e. The van der Waals surface area contributed by atoms with Crippen LogP contribution in [0.2, 0.25) is 0 Å². The standard InChI is InChI=1S/C18H17N3O3/c1-3-24-15-9-8-12-6-4-5-7-14(12)16(15)17(22)21-13-10-19-18(23-2)20-11-13/h4-11H,3H2,1-2H3,(H,21,22). The van der Waals surface area contributed by atoms with Crippen molar-refractivity contribution in [3.63, 3.8) is 0 Å². The summed E-state index contributed by atoms with van der Waals surface area (Å²) in [5, 5.41) is 4.60. The Kier molecular flexibility index (Phi) is 4.56. The first-order valence-corrected chi connectivity index (χ1v) is 7.55. The van der Waals surface area contributed by atoms with Crippen molar-refractivity contribution in [1.82, 2.24) is 9.97 Å². The summed E-state index contributed by atoms with van der Waals surface area (Å²) in [4.78, 5) is 20.8. The number of hydrogen-bond donors (Lipinski definition) is 1. The highest BCUT2D eigenvalue weighted by Gasteiger charge is 2.17. The summed E-state index contributed by atoms with van der Waals surface area (Å²) in [6.45, 7) is 2.36. The van der Waals surface area contributed by atoms with Crippen molar-refractivity contribution in [3.05, 3.63) is 54.4 Å². The normalized spacial score (nSPS) is 10.4. The maximum atomic E-state index is 12.8. The van der Waals surface area contributed by atoms with Crippen molar-refractivity contribution in [2.75, 3.05) is 19.0 Å². The fourth-order valence-electron chi connectivity index (χ4n) is 2.44. The molecular weight excluding hydrogens is 306 g/mol. The zero-order valence-electron chi connectivity index (χ0n) is 13.4. The lowest BCUT2D eigenvalue weighted by atomic mass is 10.0. The number of nitrogens with one attached hydrogen (secondary N) is 1. The molecule has 0 bridgehead atoms. The molecule has 0 atom stereocenters. The van der Waals surface area contributed by atoms with E-state index in [-0.39, 0.29) is 11.9 Å². The molecule has 0 spiro atoms. The first kappa shape index (κ1) is 15.7. The van der Waals surface area contributed by atoms with Crippen LogP contribution in [0.25, 0.3) is 10.8 Å². The summed E-state index contributed by atoms with van der Waals surface area (Å²) in [6.07, 6.45) is 2.99. The molecule has 24 heavy (non-hydrogen) atoms. The third-order valence-corrected chi connectivity index (χ3v) is 3.49. The Morgan fingerprint density at radius 2 is 1.88 bits per heavy atom. The summed E-state index contributed by atoms with van der Waals surface area (Å²) in [7, 11) is 1.48. The molecule has 0 aliphatic rings. The van der Waals surface area contributed by atoms with Crippen molar-refractivity contribution in [2.45, 2.75) is 6.92 Å². The lowest BCUT2D eigenvalue weighted by Gasteiger charge is -2.13. The van der Waals surface area contributed by atoms with Crippen molar-refractivity contribution in [2.24, 2.45) is 0 Å². The van der Waals surface area contributed by atoms with Gasteiger partial charge in [0.05, 0.1) is 37.4 Å². The fraction of sp³-hybridized carbons (Fsp3) is 0.167. The van der Waals surface area contributed by atoms with Crippen LogP contribution in [0.15, 0.2) is 48.8 Å². The minimum Gasteiger partial charge on any atom is -0.493 e. The van der Waals surface area contributed by atoms with E-state index in [0.29, 0.717) is 23.6 Å². The van der Waals surface area contributed by atoms with Gasteiger partial charge in [0.1, 0.15) is 5.75 Å². The number of ether oxygens (including phenoxy) is 2. The minimum atomic E-state index is -0.274. The quantitative estimate of drug-likeness (QED) is 0.780. The predicted octanol–water partition coefficient (Wildman–Crippen LogP) is 3.29. The van der Waals surface area contributed by atoms with Gasteiger partial charge in [-0.1, -0.05) is 30.3 Å². The molecule has 0 saturated carbocycles. The van der Waals surface area contributed by atoms with E-state index in [1.807, 2.05) is 43.3 Å². The number of methoxy groups -OCH3 is 1. The van der Waals surface area contributed by atoms with Crippen LogP contribution in [0.1, 0.15) is 17.3 Å². The van der Waals surface area contributed by atoms with Gasteiger partial charge < -0.3 is 14.8 Å². The molecule has 0 saturated heterocycles. The third-order valence-electron chi connectivity index (χ3n) is 3.49. The lowest BCUT2D eigenvalue weighted by molar-refractivity contribution is 0.102. The van der Waals surface area contributed by atoms with E-state index < -0.39 is 0 Å². The van der Waals surface area contributed by atoms with Crippen LogP contribution < -0.4 is 14.8 Å². The number of aromatic nitrogens is 2.